The van der Waals surface area contributed by atoms with Gasteiger partial charge in [-0.2, -0.15) is 0 Å². The highest BCUT2D eigenvalue weighted by Crippen LogP contribution is 2.17. The van der Waals surface area contributed by atoms with Gasteiger partial charge >= 0.3 is 11.9 Å². The third-order valence-corrected chi connectivity index (χ3v) is 10.3. The van der Waals surface area contributed by atoms with E-state index in [1.54, 1.807) is 0 Å². The lowest BCUT2D eigenvalue weighted by Crippen LogP contribution is -2.40. The van der Waals surface area contributed by atoms with Gasteiger partial charge in [-0.15, -0.1) is 0 Å². The normalized spacial score (nSPS) is 12.7. The van der Waals surface area contributed by atoms with E-state index >= 15 is 0 Å². The third kappa shape index (κ3) is 36.5. The first-order valence-corrected chi connectivity index (χ1v) is 22.5. The van der Waals surface area contributed by atoms with Crippen molar-refractivity contribution >= 4 is 17.8 Å². The Morgan fingerprint density at radius 1 is 0.558 bits per heavy atom. The summed E-state index contributed by atoms with van der Waals surface area (Å²) in [5.41, 5.74) is 5.48. The second-order valence-corrected chi connectivity index (χ2v) is 15.5. The highest BCUT2D eigenvalue weighted by Gasteiger charge is 2.18. The van der Waals surface area contributed by atoms with Crippen molar-refractivity contribution in [2.24, 2.45) is 5.73 Å². The number of carboxylic acids is 1. The van der Waals surface area contributed by atoms with Crippen LogP contribution in [0.15, 0.2) is 12.2 Å². The quantitative estimate of drug-likeness (QED) is 0.0327. The lowest BCUT2D eigenvalue weighted by Gasteiger charge is -2.15. The fourth-order valence-electron chi connectivity index (χ4n) is 6.89. The fraction of sp³-hybridized carbons (Fsp3) is 0.889. The SMILES string of the molecule is CCCCCCCCC/C=C\C(CCCCCCCCC(=O)NC(CCCN)C(=O)O)OC(=O)CCCCCCCCCCCCCCCCCC. The molecular weight excluding hydrogens is 649 g/mol. The van der Waals surface area contributed by atoms with Gasteiger partial charge in [-0.05, 0) is 64.0 Å². The number of carboxylic acid groups (broad SMARTS) is 1. The van der Waals surface area contributed by atoms with E-state index in [1.807, 2.05) is 0 Å². The Morgan fingerprint density at radius 2 is 0.981 bits per heavy atom. The zero-order chi connectivity index (χ0) is 38.2. The first-order chi connectivity index (χ1) is 25.4. The number of nitrogens with one attached hydrogen (secondary N) is 1. The fourth-order valence-corrected chi connectivity index (χ4v) is 6.89. The molecule has 52 heavy (non-hydrogen) atoms. The van der Waals surface area contributed by atoms with Crippen LogP contribution in [-0.2, 0) is 19.1 Å². The Bertz CT molecular complexity index is 833. The number of nitrogens with two attached hydrogens (primary N) is 1. The maximum absolute atomic E-state index is 12.8. The van der Waals surface area contributed by atoms with E-state index < -0.39 is 12.0 Å². The summed E-state index contributed by atoms with van der Waals surface area (Å²) in [4.78, 5) is 36.3. The van der Waals surface area contributed by atoms with Crippen LogP contribution in [0, 0.1) is 0 Å². The molecule has 0 aromatic rings. The Morgan fingerprint density at radius 3 is 1.44 bits per heavy atom. The molecule has 7 nitrogen and oxygen atoms in total. The van der Waals surface area contributed by atoms with Crippen molar-refractivity contribution in [1.29, 1.82) is 0 Å². The van der Waals surface area contributed by atoms with E-state index in [-0.39, 0.29) is 18.0 Å². The molecule has 0 fully saturated rings. The zero-order valence-electron chi connectivity index (χ0n) is 34.4. The van der Waals surface area contributed by atoms with Gasteiger partial charge in [0, 0.05) is 12.8 Å². The first kappa shape index (κ1) is 50.1. The number of rotatable bonds is 41. The lowest BCUT2D eigenvalue weighted by atomic mass is 10.0. The standard InChI is InChI=1S/C45H86N2O5/c1-3-5-7-9-11-13-14-15-16-17-18-19-21-23-29-33-39-44(49)52-41(35-30-26-22-20-12-10-8-6-4-2)36-31-27-24-25-28-32-38-43(48)47-42(45(50)51)37-34-40-46/h30,35,41-42H,3-29,31-34,36-40,46H2,1-2H3,(H,47,48)(H,50,51)/b35-30-. The Balaban J connectivity index is 4.22. The minimum Gasteiger partial charge on any atom is -0.480 e. The number of aliphatic carboxylic acids is 1. The van der Waals surface area contributed by atoms with Crippen LogP contribution in [0.4, 0.5) is 0 Å². The van der Waals surface area contributed by atoms with E-state index in [0.29, 0.717) is 32.2 Å². The molecule has 0 aliphatic rings. The van der Waals surface area contributed by atoms with Gasteiger partial charge in [-0.25, -0.2) is 4.79 Å². The molecule has 0 aliphatic heterocycles. The molecule has 0 rings (SSSR count). The average molecular weight is 735 g/mol. The van der Waals surface area contributed by atoms with Crippen LogP contribution in [0.3, 0.4) is 0 Å². The van der Waals surface area contributed by atoms with E-state index in [9.17, 15) is 19.5 Å². The third-order valence-electron chi connectivity index (χ3n) is 10.3. The highest BCUT2D eigenvalue weighted by atomic mass is 16.5. The molecule has 0 saturated heterocycles. The number of allylic oxidation sites excluding steroid dienone is 1. The predicted octanol–water partition coefficient (Wildman–Crippen LogP) is 12.7. The summed E-state index contributed by atoms with van der Waals surface area (Å²) < 4.78 is 5.97. The van der Waals surface area contributed by atoms with Crippen molar-refractivity contribution in [3.05, 3.63) is 12.2 Å². The molecule has 0 spiro atoms. The van der Waals surface area contributed by atoms with Crippen molar-refractivity contribution in [3.63, 3.8) is 0 Å². The number of carbonyl (C=O) groups excluding carboxylic acids is 2. The number of hydrogen-bond donors (Lipinski definition) is 3. The molecule has 0 bridgehead atoms. The summed E-state index contributed by atoms with van der Waals surface area (Å²) in [6.45, 7) is 4.95. The second kappa shape index (κ2) is 40.3. The molecule has 0 saturated carbocycles. The second-order valence-electron chi connectivity index (χ2n) is 15.5. The van der Waals surface area contributed by atoms with Crippen molar-refractivity contribution < 1.29 is 24.2 Å². The van der Waals surface area contributed by atoms with E-state index in [4.69, 9.17) is 10.5 Å². The van der Waals surface area contributed by atoms with Crippen LogP contribution in [-0.4, -0.2) is 41.6 Å². The van der Waals surface area contributed by atoms with Crippen LogP contribution in [0.25, 0.3) is 0 Å². The summed E-state index contributed by atoms with van der Waals surface area (Å²) >= 11 is 0. The molecule has 2 unspecified atom stereocenters. The minimum absolute atomic E-state index is 0.0534. The Labute approximate surface area is 321 Å². The zero-order valence-corrected chi connectivity index (χ0v) is 34.4. The van der Waals surface area contributed by atoms with Gasteiger partial charge in [0.05, 0.1) is 0 Å². The van der Waals surface area contributed by atoms with Crippen molar-refractivity contribution in [3.8, 4) is 0 Å². The predicted molar refractivity (Wildman–Crippen MR) is 221 cm³/mol. The molecule has 2 atom stereocenters. The van der Waals surface area contributed by atoms with Gasteiger partial charge in [0.25, 0.3) is 0 Å². The van der Waals surface area contributed by atoms with Gasteiger partial charge in [-0.1, -0.05) is 180 Å². The van der Waals surface area contributed by atoms with Crippen molar-refractivity contribution in [2.45, 2.75) is 251 Å². The van der Waals surface area contributed by atoms with E-state index in [0.717, 1.165) is 64.2 Å². The van der Waals surface area contributed by atoms with Crippen LogP contribution in [0.1, 0.15) is 239 Å². The van der Waals surface area contributed by atoms with Gasteiger partial charge in [0.15, 0.2) is 0 Å². The number of carbonyl (C=O) groups is 3. The van der Waals surface area contributed by atoms with Crippen LogP contribution < -0.4 is 11.1 Å². The Hall–Kier alpha value is -1.89. The summed E-state index contributed by atoms with van der Waals surface area (Å²) in [5, 5.41) is 11.9. The van der Waals surface area contributed by atoms with Crippen molar-refractivity contribution in [2.75, 3.05) is 6.54 Å². The molecule has 1 amide bonds. The van der Waals surface area contributed by atoms with Crippen molar-refractivity contribution in [1.82, 2.24) is 5.32 Å². The summed E-state index contributed by atoms with van der Waals surface area (Å²) in [6.07, 6.45) is 44.2. The van der Waals surface area contributed by atoms with Gasteiger partial charge in [-0.3, -0.25) is 9.59 Å². The molecule has 7 heteroatoms. The first-order valence-electron chi connectivity index (χ1n) is 22.5. The molecular formula is C45H86N2O5. The maximum Gasteiger partial charge on any atom is 0.326 e. The van der Waals surface area contributed by atoms with Crippen LogP contribution in [0.5, 0.6) is 0 Å². The topological polar surface area (TPSA) is 119 Å². The van der Waals surface area contributed by atoms with E-state index in [1.165, 1.54) is 135 Å². The summed E-state index contributed by atoms with van der Waals surface area (Å²) in [5.74, 6) is -1.25. The number of amides is 1. The summed E-state index contributed by atoms with van der Waals surface area (Å²) in [6, 6.07) is -0.850. The Kier molecular flexibility index (Phi) is 38.8. The molecule has 306 valence electrons. The molecule has 0 radical (unpaired) electrons. The number of unbranched alkanes of at least 4 members (excludes halogenated alkanes) is 27. The maximum atomic E-state index is 12.8. The number of hydrogen-bond acceptors (Lipinski definition) is 5. The largest absolute Gasteiger partial charge is 0.480 e. The molecule has 4 N–H and O–H groups in total. The van der Waals surface area contributed by atoms with Gasteiger partial charge in [0.1, 0.15) is 12.1 Å². The monoisotopic (exact) mass is 735 g/mol. The molecule has 0 heterocycles. The molecule has 0 aromatic carbocycles. The van der Waals surface area contributed by atoms with Gasteiger partial charge < -0.3 is 20.9 Å². The van der Waals surface area contributed by atoms with Gasteiger partial charge in [0.2, 0.25) is 5.91 Å². The minimum atomic E-state index is -1.00. The van der Waals surface area contributed by atoms with Crippen LogP contribution in [0.2, 0.25) is 0 Å². The van der Waals surface area contributed by atoms with Crippen LogP contribution >= 0.6 is 0 Å². The molecule has 0 aromatic heterocycles. The lowest BCUT2D eigenvalue weighted by molar-refractivity contribution is -0.147. The number of ether oxygens (including phenoxy) is 1. The van der Waals surface area contributed by atoms with E-state index in [2.05, 4.69) is 31.3 Å². The number of esters is 1. The molecule has 0 aliphatic carbocycles. The average Bonchev–Trinajstić information content (AvgIpc) is 3.13. The summed E-state index contributed by atoms with van der Waals surface area (Å²) in [7, 11) is 0. The highest BCUT2D eigenvalue weighted by molar-refractivity contribution is 5.83. The smallest absolute Gasteiger partial charge is 0.326 e.